The SMILES string of the molecule is COC(=O)c1ccc(/C=C(\C)CCC=C(C)C)cc1. The molecule has 1 rings (SSSR count). The second-order valence-electron chi connectivity index (χ2n) is 4.92. The smallest absolute Gasteiger partial charge is 0.337 e. The lowest BCUT2D eigenvalue weighted by atomic mass is 10.1. The maximum Gasteiger partial charge on any atom is 0.337 e. The molecule has 0 aromatic heterocycles. The van der Waals surface area contributed by atoms with Crippen LogP contribution in [0.4, 0.5) is 0 Å². The van der Waals surface area contributed by atoms with Crippen LogP contribution in [0.3, 0.4) is 0 Å². The van der Waals surface area contributed by atoms with Gasteiger partial charge in [-0.3, -0.25) is 0 Å². The molecule has 102 valence electrons. The summed E-state index contributed by atoms with van der Waals surface area (Å²) in [5.74, 6) is -0.296. The van der Waals surface area contributed by atoms with Crippen LogP contribution in [-0.2, 0) is 4.74 Å². The molecule has 0 saturated heterocycles. The minimum atomic E-state index is -0.296. The Morgan fingerprint density at radius 3 is 2.32 bits per heavy atom. The highest BCUT2D eigenvalue weighted by Gasteiger charge is 2.03. The van der Waals surface area contributed by atoms with Gasteiger partial charge in [-0.1, -0.05) is 35.4 Å². The number of allylic oxidation sites excluding steroid dienone is 3. The average Bonchev–Trinajstić information content (AvgIpc) is 2.38. The number of esters is 1. The maximum absolute atomic E-state index is 11.3. The summed E-state index contributed by atoms with van der Waals surface area (Å²) in [4.78, 5) is 11.3. The van der Waals surface area contributed by atoms with Crippen molar-refractivity contribution in [3.05, 3.63) is 52.6 Å². The standard InChI is InChI=1S/C17H22O2/c1-13(2)6-5-7-14(3)12-15-8-10-16(11-9-15)17(18)19-4/h6,8-12H,5,7H2,1-4H3/b14-12+. The van der Waals surface area contributed by atoms with Gasteiger partial charge >= 0.3 is 5.97 Å². The molecule has 0 heterocycles. The van der Waals surface area contributed by atoms with Crippen molar-refractivity contribution in [3.8, 4) is 0 Å². The van der Waals surface area contributed by atoms with Gasteiger partial charge in [-0.05, 0) is 51.3 Å². The minimum Gasteiger partial charge on any atom is -0.465 e. The highest BCUT2D eigenvalue weighted by atomic mass is 16.5. The Morgan fingerprint density at radius 2 is 1.79 bits per heavy atom. The Kier molecular flexibility index (Phi) is 6.07. The predicted molar refractivity (Wildman–Crippen MR) is 80.1 cm³/mol. The molecule has 0 aliphatic carbocycles. The van der Waals surface area contributed by atoms with Gasteiger partial charge in [0.2, 0.25) is 0 Å². The van der Waals surface area contributed by atoms with Crippen molar-refractivity contribution < 1.29 is 9.53 Å². The van der Waals surface area contributed by atoms with Crippen molar-refractivity contribution in [1.29, 1.82) is 0 Å². The van der Waals surface area contributed by atoms with E-state index >= 15 is 0 Å². The zero-order chi connectivity index (χ0) is 14.3. The second-order valence-corrected chi connectivity index (χ2v) is 4.92. The Hall–Kier alpha value is -1.83. The third-order valence-electron chi connectivity index (χ3n) is 2.84. The van der Waals surface area contributed by atoms with Crippen molar-refractivity contribution in [2.45, 2.75) is 33.6 Å². The predicted octanol–water partition coefficient (Wildman–Crippen LogP) is 4.62. The van der Waals surface area contributed by atoms with Gasteiger partial charge in [0.25, 0.3) is 0 Å². The van der Waals surface area contributed by atoms with E-state index in [1.807, 2.05) is 12.1 Å². The molecular formula is C17H22O2. The van der Waals surface area contributed by atoms with Gasteiger partial charge in [0.15, 0.2) is 0 Å². The van der Waals surface area contributed by atoms with Crippen molar-refractivity contribution in [2.24, 2.45) is 0 Å². The summed E-state index contributed by atoms with van der Waals surface area (Å²) < 4.78 is 4.67. The highest BCUT2D eigenvalue weighted by molar-refractivity contribution is 5.89. The third-order valence-corrected chi connectivity index (χ3v) is 2.84. The van der Waals surface area contributed by atoms with Gasteiger partial charge < -0.3 is 4.74 Å². The summed E-state index contributed by atoms with van der Waals surface area (Å²) in [5, 5.41) is 0. The first-order valence-corrected chi connectivity index (χ1v) is 6.52. The normalized spacial score (nSPS) is 11.1. The first-order valence-electron chi connectivity index (χ1n) is 6.52. The summed E-state index contributed by atoms with van der Waals surface area (Å²) in [6.07, 6.45) is 6.53. The molecule has 0 aliphatic heterocycles. The van der Waals surface area contributed by atoms with E-state index in [1.54, 1.807) is 12.1 Å². The number of carbonyl (C=O) groups excluding carboxylic acids is 1. The van der Waals surface area contributed by atoms with Crippen LogP contribution in [0.5, 0.6) is 0 Å². The number of rotatable bonds is 5. The molecule has 0 aliphatic rings. The van der Waals surface area contributed by atoms with E-state index in [0.717, 1.165) is 18.4 Å². The Labute approximate surface area is 115 Å². The van der Waals surface area contributed by atoms with Crippen molar-refractivity contribution in [1.82, 2.24) is 0 Å². The topological polar surface area (TPSA) is 26.3 Å². The molecule has 2 heteroatoms. The lowest BCUT2D eigenvalue weighted by Gasteiger charge is -2.02. The fraction of sp³-hybridized carbons (Fsp3) is 0.353. The molecule has 1 aromatic carbocycles. The van der Waals surface area contributed by atoms with Gasteiger partial charge in [0, 0.05) is 0 Å². The molecule has 0 saturated carbocycles. The number of methoxy groups -OCH3 is 1. The van der Waals surface area contributed by atoms with Crippen molar-refractivity contribution in [2.75, 3.05) is 7.11 Å². The minimum absolute atomic E-state index is 0.296. The number of benzene rings is 1. The largest absolute Gasteiger partial charge is 0.465 e. The third kappa shape index (κ3) is 5.56. The fourth-order valence-electron chi connectivity index (χ4n) is 1.78. The summed E-state index contributed by atoms with van der Waals surface area (Å²) in [7, 11) is 1.39. The molecule has 19 heavy (non-hydrogen) atoms. The molecule has 0 fully saturated rings. The molecule has 0 unspecified atom stereocenters. The molecule has 0 bridgehead atoms. The summed E-state index contributed by atoms with van der Waals surface area (Å²) >= 11 is 0. The van der Waals surface area contributed by atoms with E-state index in [9.17, 15) is 4.79 Å². The molecule has 0 spiro atoms. The summed E-state index contributed by atoms with van der Waals surface area (Å²) in [6.45, 7) is 6.36. The number of hydrogen-bond donors (Lipinski definition) is 0. The number of carbonyl (C=O) groups is 1. The zero-order valence-corrected chi connectivity index (χ0v) is 12.2. The Bertz CT molecular complexity index is 474. The maximum atomic E-state index is 11.3. The van der Waals surface area contributed by atoms with Gasteiger partial charge in [-0.25, -0.2) is 4.79 Å². The Balaban J connectivity index is 2.65. The monoisotopic (exact) mass is 258 g/mol. The van der Waals surface area contributed by atoms with Crippen LogP contribution in [0.15, 0.2) is 41.5 Å². The van der Waals surface area contributed by atoms with Crippen LogP contribution < -0.4 is 0 Å². The van der Waals surface area contributed by atoms with Crippen molar-refractivity contribution in [3.63, 3.8) is 0 Å². The van der Waals surface area contributed by atoms with E-state index in [4.69, 9.17) is 0 Å². The number of ether oxygens (including phenoxy) is 1. The average molecular weight is 258 g/mol. The Morgan fingerprint density at radius 1 is 1.16 bits per heavy atom. The fourth-order valence-corrected chi connectivity index (χ4v) is 1.78. The molecular weight excluding hydrogens is 236 g/mol. The summed E-state index contributed by atoms with van der Waals surface area (Å²) in [5.41, 5.74) is 4.39. The van der Waals surface area contributed by atoms with Gasteiger partial charge in [0.1, 0.15) is 0 Å². The first kappa shape index (κ1) is 15.2. The molecule has 1 aromatic rings. The van der Waals surface area contributed by atoms with Crippen LogP contribution >= 0.6 is 0 Å². The zero-order valence-electron chi connectivity index (χ0n) is 12.2. The van der Waals surface area contributed by atoms with Crippen LogP contribution in [0, 0.1) is 0 Å². The van der Waals surface area contributed by atoms with Crippen LogP contribution in [0.25, 0.3) is 6.08 Å². The highest BCUT2D eigenvalue weighted by Crippen LogP contribution is 2.13. The number of hydrogen-bond acceptors (Lipinski definition) is 2. The van der Waals surface area contributed by atoms with Crippen molar-refractivity contribution >= 4 is 12.0 Å². The van der Waals surface area contributed by atoms with Crippen LogP contribution in [0.2, 0.25) is 0 Å². The van der Waals surface area contributed by atoms with Crippen LogP contribution in [-0.4, -0.2) is 13.1 Å². The molecule has 2 nitrogen and oxygen atoms in total. The quantitative estimate of drug-likeness (QED) is 0.569. The van der Waals surface area contributed by atoms with E-state index in [-0.39, 0.29) is 5.97 Å². The first-order chi connectivity index (χ1) is 9.02. The molecule has 0 atom stereocenters. The van der Waals surface area contributed by atoms with E-state index in [1.165, 1.54) is 18.3 Å². The lowest BCUT2D eigenvalue weighted by molar-refractivity contribution is 0.0601. The van der Waals surface area contributed by atoms with E-state index < -0.39 is 0 Å². The van der Waals surface area contributed by atoms with Gasteiger partial charge in [-0.2, -0.15) is 0 Å². The molecule has 0 amide bonds. The van der Waals surface area contributed by atoms with Crippen LogP contribution in [0.1, 0.15) is 49.5 Å². The summed E-state index contributed by atoms with van der Waals surface area (Å²) in [6, 6.07) is 7.47. The second kappa shape index (κ2) is 7.57. The molecule has 0 N–H and O–H groups in total. The van der Waals surface area contributed by atoms with Gasteiger partial charge in [-0.15, -0.1) is 0 Å². The van der Waals surface area contributed by atoms with E-state index in [0.29, 0.717) is 5.56 Å². The lowest BCUT2D eigenvalue weighted by Crippen LogP contribution is -2.00. The molecule has 0 radical (unpaired) electrons. The van der Waals surface area contributed by atoms with E-state index in [2.05, 4.69) is 37.7 Å². The van der Waals surface area contributed by atoms with Gasteiger partial charge in [0.05, 0.1) is 12.7 Å².